The Bertz CT molecular complexity index is 796. The Hall–Kier alpha value is -2.57. The lowest BCUT2D eigenvalue weighted by Crippen LogP contribution is -2.53. The first-order valence-corrected chi connectivity index (χ1v) is 10.9. The molecule has 0 bridgehead atoms. The van der Waals surface area contributed by atoms with E-state index in [1.807, 2.05) is 17.0 Å². The van der Waals surface area contributed by atoms with Crippen LogP contribution in [0.3, 0.4) is 0 Å². The van der Waals surface area contributed by atoms with Gasteiger partial charge in [-0.2, -0.15) is 0 Å². The maximum absolute atomic E-state index is 12.8. The van der Waals surface area contributed by atoms with Gasteiger partial charge in [0.25, 0.3) is 0 Å². The average molecular weight is 409 g/mol. The van der Waals surface area contributed by atoms with Crippen molar-refractivity contribution in [2.75, 3.05) is 70.9 Å². The summed E-state index contributed by atoms with van der Waals surface area (Å²) in [4.78, 5) is 21.9. The quantitative estimate of drug-likeness (QED) is 0.733. The number of benzene rings is 2. The monoisotopic (exact) mass is 408 g/mol. The molecule has 2 fully saturated rings. The number of amides is 1. The first kappa shape index (κ1) is 20.7. The van der Waals surface area contributed by atoms with Crippen LogP contribution in [0.2, 0.25) is 0 Å². The van der Waals surface area contributed by atoms with Crippen molar-refractivity contribution >= 4 is 11.6 Å². The van der Waals surface area contributed by atoms with Crippen LogP contribution in [0.4, 0.5) is 5.69 Å². The molecule has 0 aliphatic carbocycles. The van der Waals surface area contributed by atoms with Crippen LogP contribution in [-0.2, 0) is 11.3 Å². The lowest BCUT2D eigenvalue weighted by Gasteiger charge is -2.38. The number of ether oxygens (including phenoxy) is 1. The number of nitrogens with zero attached hydrogens (tertiary/aromatic N) is 4. The highest BCUT2D eigenvalue weighted by Gasteiger charge is 2.24. The van der Waals surface area contributed by atoms with Crippen molar-refractivity contribution in [2.45, 2.75) is 6.54 Å². The van der Waals surface area contributed by atoms with Gasteiger partial charge in [-0.3, -0.25) is 14.6 Å². The predicted molar refractivity (Wildman–Crippen MR) is 120 cm³/mol. The summed E-state index contributed by atoms with van der Waals surface area (Å²) in [6, 6.07) is 18.8. The van der Waals surface area contributed by atoms with Crippen molar-refractivity contribution in [1.29, 1.82) is 0 Å². The normalized spacial score (nSPS) is 18.4. The van der Waals surface area contributed by atoms with Gasteiger partial charge in [0, 0.05) is 64.6 Å². The van der Waals surface area contributed by atoms with Crippen LogP contribution in [0.15, 0.2) is 54.6 Å². The summed E-state index contributed by atoms with van der Waals surface area (Å²) in [5, 5.41) is 0. The zero-order valence-corrected chi connectivity index (χ0v) is 17.9. The molecule has 2 aliphatic heterocycles. The molecule has 2 aromatic carbocycles. The van der Waals surface area contributed by atoms with E-state index in [4.69, 9.17) is 4.74 Å². The van der Waals surface area contributed by atoms with Gasteiger partial charge in [-0.25, -0.2) is 0 Å². The molecule has 0 saturated carbocycles. The molecule has 0 unspecified atom stereocenters. The van der Waals surface area contributed by atoms with E-state index in [-0.39, 0.29) is 5.91 Å². The average Bonchev–Trinajstić information content (AvgIpc) is 2.81. The fourth-order valence-corrected chi connectivity index (χ4v) is 4.25. The number of rotatable bonds is 6. The number of anilines is 1. The molecule has 160 valence electrons. The summed E-state index contributed by atoms with van der Waals surface area (Å²) >= 11 is 0. The lowest BCUT2D eigenvalue weighted by molar-refractivity contribution is -0.134. The third kappa shape index (κ3) is 5.32. The third-order valence-corrected chi connectivity index (χ3v) is 6.14. The van der Waals surface area contributed by atoms with Crippen molar-refractivity contribution in [1.82, 2.24) is 14.7 Å². The Morgan fingerprint density at radius 2 is 1.43 bits per heavy atom. The molecule has 0 N–H and O–H groups in total. The molecule has 2 aromatic rings. The Morgan fingerprint density at radius 3 is 2.07 bits per heavy atom. The zero-order chi connectivity index (χ0) is 20.8. The van der Waals surface area contributed by atoms with Crippen LogP contribution in [0.5, 0.6) is 5.75 Å². The second kappa shape index (κ2) is 9.96. The molecule has 6 nitrogen and oxygen atoms in total. The number of carbonyl (C=O) groups is 1. The van der Waals surface area contributed by atoms with Gasteiger partial charge in [0.1, 0.15) is 5.75 Å². The second-order valence-corrected chi connectivity index (χ2v) is 8.10. The molecule has 30 heavy (non-hydrogen) atoms. The van der Waals surface area contributed by atoms with E-state index in [1.54, 1.807) is 7.11 Å². The van der Waals surface area contributed by atoms with E-state index in [2.05, 4.69) is 57.2 Å². The summed E-state index contributed by atoms with van der Waals surface area (Å²) in [5.41, 5.74) is 2.56. The standard InChI is InChI=1S/C24H32N4O2/c1-30-23-9-7-22(8-10-23)27-15-11-26(12-16-27)20-24(29)28-17-13-25(14-18-28)19-21-5-3-2-4-6-21/h2-10H,11-20H2,1H3. The Kier molecular flexibility index (Phi) is 6.87. The van der Waals surface area contributed by atoms with Gasteiger partial charge >= 0.3 is 0 Å². The summed E-state index contributed by atoms with van der Waals surface area (Å²) in [6.07, 6.45) is 0. The number of hydrogen-bond acceptors (Lipinski definition) is 5. The molecule has 4 rings (SSSR count). The fourth-order valence-electron chi connectivity index (χ4n) is 4.25. The van der Waals surface area contributed by atoms with Crippen LogP contribution in [-0.4, -0.2) is 86.6 Å². The lowest BCUT2D eigenvalue weighted by atomic mass is 10.2. The maximum Gasteiger partial charge on any atom is 0.236 e. The van der Waals surface area contributed by atoms with Gasteiger partial charge in [-0.15, -0.1) is 0 Å². The highest BCUT2D eigenvalue weighted by molar-refractivity contribution is 5.78. The summed E-state index contributed by atoms with van der Waals surface area (Å²) < 4.78 is 5.24. The SMILES string of the molecule is COc1ccc(N2CCN(CC(=O)N3CCN(Cc4ccccc4)CC3)CC2)cc1. The van der Waals surface area contributed by atoms with Crippen LogP contribution < -0.4 is 9.64 Å². The largest absolute Gasteiger partial charge is 0.497 e. The molecule has 2 aliphatic rings. The number of carbonyl (C=O) groups excluding carboxylic acids is 1. The Balaban J connectivity index is 1.19. The van der Waals surface area contributed by atoms with Crippen molar-refractivity contribution in [3.8, 4) is 5.75 Å². The predicted octanol–water partition coefficient (Wildman–Crippen LogP) is 2.16. The zero-order valence-electron chi connectivity index (χ0n) is 17.9. The van der Waals surface area contributed by atoms with Crippen molar-refractivity contribution in [3.63, 3.8) is 0 Å². The van der Waals surface area contributed by atoms with Gasteiger partial charge < -0.3 is 14.5 Å². The molecule has 0 radical (unpaired) electrons. The van der Waals surface area contributed by atoms with E-state index in [0.29, 0.717) is 6.54 Å². The minimum Gasteiger partial charge on any atom is -0.497 e. The highest BCUT2D eigenvalue weighted by atomic mass is 16.5. The van der Waals surface area contributed by atoms with E-state index >= 15 is 0 Å². The molecule has 2 heterocycles. The van der Waals surface area contributed by atoms with Gasteiger partial charge in [-0.05, 0) is 29.8 Å². The van der Waals surface area contributed by atoms with E-state index in [0.717, 1.165) is 64.7 Å². The molecule has 2 saturated heterocycles. The van der Waals surface area contributed by atoms with Gasteiger partial charge in [-0.1, -0.05) is 30.3 Å². The second-order valence-electron chi connectivity index (χ2n) is 8.10. The molecular formula is C24H32N4O2. The van der Waals surface area contributed by atoms with E-state index in [1.165, 1.54) is 11.3 Å². The minimum atomic E-state index is 0.271. The first-order chi connectivity index (χ1) is 14.7. The third-order valence-electron chi connectivity index (χ3n) is 6.14. The van der Waals surface area contributed by atoms with Crippen molar-refractivity contribution < 1.29 is 9.53 Å². The molecular weight excluding hydrogens is 376 g/mol. The van der Waals surface area contributed by atoms with Crippen LogP contribution in [0, 0.1) is 0 Å². The minimum absolute atomic E-state index is 0.271. The number of piperazine rings is 2. The molecule has 0 aromatic heterocycles. The smallest absolute Gasteiger partial charge is 0.236 e. The maximum atomic E-state index is 12.8. The summed E-state index contributed by atoms with van der Waals surface area (Å²) in [6.45, 7) is 8.81. The molecule has 6 heteroatoms. The molecule has 0 atom stereocenters. The topological polar surface area (TPSA) is 39.3 Å². The fraction of sp³-hybridized carbons (Fsp3) is 0.458. The summed E-state index contributed by atoms with van der Waals surface area (Å²) in [5.74, 6) is 1.15. The van der Waals surface area contributed by atoms with Crippen LogP contribution >= 0.6 is 0 Å². The highest BCUT2D eigenvalue weighted by Crippen LogP contribution is 2.20. The Labute approximate surface area is 179 Å². The molecule has 1 amide bonds. The van der Waals surface area contributed by atoms with Gasteiger partial charge in [0.15, 0.2) is 0 Å². The molecule has 0 spiro atoms. The Morgan fingerprint density at radius 1 is 0.800 bits per heavy atom. The van der Waals surface area contributed by atoms with E-state index in [9.17, 15) is 4.79 Å². The van der Waals surface area contributed by atoms with Crippen molar-refractivity contribution in [3.05, 3.63) is 60.2 Å². The summed E-state index contributed by atoms with van der Waals surface area (Å²) in [7, 11) is 1.69. The number of hydrogen-bond donors (Lipinski definition) is 0. The van der Waals surface area contributed by atoms with E-state index < -0.39 is 0 Å². The van der Waals surface area contributed by atoms with Gasteiger partial charge in [0.05, 0.1) is 13.7 Å². The van der Waals surface area contributed by atoms with Crippen molar-refractivity contribution in [2.24, 2.45) is 0 Å². The first-order valence-electron chi connectivity index (χ1n) is 10.9. The van der Waals surface area contributed by atoms with Crippen LogP contribution in [0.1, 0.15) is 5.56 Å². The number of methoxy groups -OCH3 is 1. The van der Waals surface area contributed by atoms with Crippen LogP contribution in [0.25, 0.3) is 0 Å². The van der Waals surface area contributed by atoms with Gasteiger partial charge in [0.2, 0.25) is 5.91 Å².